The fourth-order valence-electron chi connectivity index (χ4n) is 5.24. The molecule has 1 atom stereocenters. The summed E-state index contributed by atoms with van der Waals surface area (Å²) in [6.45, 7) is 10.3. The Kier molecular flexibility index (Phi) is 7.25. The number of likely N-dealkylation sites (tertiary alicyclic amines) is 1. The Balaban J connectivity index is 1.47. The van der Waals surface area contributed by atoms with Crippen LogP contribution in [0.2, 0.25) is 0 Å². The molecule has 1 N–H and O–H groups in total. The van der Waals surface area contributed by atoms with Gasteiger partial charge >= 0.3 is 6.18 Å². The van der Waals surface area contributed by atoms with Gasteiger partial charge in [0.05, 0.1) is 22.9 Å². The molecule has 1 fully saturated rings. The minimum atomic E-state index is -4.34. The molecular weight excluding hydrogens is 453 g/mol. The Morgan fingerprint density at radius 1 is 1.11 bits per heavy atom. The van der Waals surface area contributed by atoms with Crippen LogP contribution in [0, 0.1) is 11.3 Å². The smallest absolute Gasteiger partial charge is 0.352 e. The van der Waals surface area contributed by atoms with Crippen LogP contribution in [0.5, 0.6) is 0 Å². The number of nitrogens with one attached hydrogen (secondary N) is 1. The molecule has 0 saturated carbocycles. The largest absolute Gasteiger partial charge is 0.416 e. The van der Waals surface area contributed by atoms with Gasteiger partial charge in [0.25, 0.3) is 5.91 Å². The van der Waals surface area contributed by atoms with E-state index in [-0.39, 0.29) is 17.4 Å². The molecule has 0 aliphatic carbocycles. The first-order chi connectivity index (χ1) is 16.4. The van der Waals surface area contributed by atoms with E-state index in [1.807, 2.05) is 6.07 Å². The number of fused-ring (bicyclic) bond motifs is 1. The van der Waals surface area contributed by atoms with E-state index in [0.717, 1.165) is 54.9 Å². The molecular formula is C27H35F3N4O. The number of nitrogens with zero attached hydrogens (tertiary/aromatic N) is 3. The summed E-state index contributed by atoms with van der Waals surface area (Å²) in [5.41, 5.74) is 2.54. The van der Waals surface area contributed by atoms with Gasteiger partial charge < -0.3 is 10.2 Å². The minimum absolute atomic E-state index is 0.00358. The van der Waals surface area contributed by atoms with Gasteiger partial charge in [-0.25, -0.2) is 0 Å². The maximum absolute atomic E-state index is 12.9. The van der Waals surface area contributed by atoms with Crippen molar-refractivity contribution in [3.63, 3.8) is 0 Å². The highest BCUT2D eigenvalue weighted by molar-refractivity contribution is 5.94. The molecule has 1 unspecified atom stereocenters. The highest BCUT2D eigenvalue weighted by Gasteiger charge is 2.40. The molecule has 0 radical (unpaired) electrons. The van der Waals surface area contributed by atoms with Crippen LogP contribution in [0.15, 0.2) is 36.5 Å². The van der Waals surface area contributed by atoms with Crippen molar-refractivity contribution in [2.75, 3.05) is 26.7 Å². The number of carbonyl (C=O) groups is 1. The van der Waals surface area contributed by atoms with Crippen molar-refractivity contribution in [3.05, 3.63) is 64.5 Å². The zero-order valence-corrected chi connectivity index (χ0v) is 21.0. The van der Waals surface area contributed by atoms with E-state index in [4.69, 9.17) is 4.98 Å². The molecule has 5 nitrogen and oxygen atoms in total. The van der Waals surface area contributed by atoms with E-state index in [9.17, 15) is 18.0 Å². The van der Waals surface area contributed by atoms with Crippen LogP contribution in [0.25, 0.3) is 0 Å². The van der Waals surface area contributed by atoms with Gasteiger partial charge in [-0.3, -0.25) is 14.7 Å². The minimum Gasteiger partial charge on any atom is -0.352 e. The van der Waals surface area contributed by atoms with Crippen molar-refractivity contribution in [2.24, 2.45) is 11.3 Å². The third-order valence-corrected chi connectivity index (χ3v) is 7.14. The van der Waals surface area contributed by atoms with Gasteiger partial charge in [-0.05, 0) is 73.6 Å². The molecule has 3 heterocycles. The molecule has 35 heavy (non-hydrogen) atoms. The van der Waals surface area contributed by atoms with Gasteiger partial charge in [0.2, 0.25) is 0 Å². The molecule has 2 aromatic rings. The Hall–Kier alpha value is -2.45. The van der Waals surface area contributed by atoms with Gasteiger partial charge in [0.1, 0.15) is 0 Å². The van der Waals surface area contributed by atoms with Crippen LogP contribution in [0.1, 0.15) is 72.4 Å². The van der Waals surface area contributed by atoms with E-state index < -0.39 is 11.7 Å². The number of benzene rings is 1. The number of alkyl halides is 3. The number of piperidine rings is 1. The van der Waals surface area contributed by atoms with E-state index in [1.165, 1.54) is 0 Å². The van der Waals surface area contributed by atoms with Crippen molar-refractivity contribution >= 4 is 5.91 Å². The topological polar surface area (TPSA) is 48.5 Å². The molecule has 1 aromatic heterocycles. The summed E-state index contributed by atoms with van der Waals surface area (Å²) in [6, 6.07) is 7.28. The normalized spacial score (nSPS) is 20.1. The number of pyridine rings is 1. The number of amides is 1. The van der Waals surface area contributed by atoms with E-state index >= 15 is 0 Å². The van der Waals surface area contributed by atoms with Gasteiger partial charge in [0, 0.05) is 25.8 Å². The van der Waals surface area contributed by atoms with E-state index in [0.29, 0.717) is 31.1 Å². The maximum Gasteiger partial charge on any atom is 0.416 e. The average Bonchev–Trinajstić information content (AvgIpc) is 3.15. The lowest BCUT2D eigenvalue weighted by molar-refractivity contribution is -0.137. The lowest BCUT2D eigenvalue weighted by atomic mass is 9.84. The number of hydrogen-bond acceptors (Lipinski definition) is 4. The molecule has 2 aliphatic rings. The fraction of sp³-hybridized carbons (Fsp3) is 0.556. The van der Waals surface area contributed by atoms with Crippen LogP contribution in [0.4, 0.5) is 13.2 Å². The highest BCUT2D eigenvalue weighted by atomic mass is 19.4. The third kappa shape index (κ3) is 6.04. The Labute approximate surface area is 205 Å². The molecule has 1 saturated heterocycles. The highest BCUT2D eigenvalue weighted by Crippen LogP contribution is 2.45. The number of hydrogen-bond donors (Lipinski definition) is 1. The van der Waals surface area contributed by atoms with Gasteiger partial charge in [-0.1, -0.05) is 32.9 Å². The monoisotopic (exact) mass is 488 g/mol. The van der Waals surface area contributed by atoms with Gasteiger partial charge in [-0.15, -0.1) is 0 Å². The van der Waals surface area contributed by atoms with Gasteiger partial charge in [-0.2, -0.15) is 13.2 Å². The molecule has 0 spiro atoms. The molecule has 8 heteroatoms. The number of rotatable bonds is 5. The predicted octanol–water partition coefficient (Wildman–Crippen LogP) is 5.28. The summed E-state index contributed by atoms with van der Waals surface area (Å²) in [6.07, 6.45) is -0.509. The summed E-state index contributed by atoms with van der Waals surface area (Å²) in [7, 11) is 2.12. The second-order valence-corrected chi connectivity index (χ2v) is 11.1. The fourth-order valence-corrected chi connectivity index (χ4v) is 5.24. The van der Waals surface area contributed by atoms with Crippen LogP contribution in [0.3, 0.4) is 0 Å². The van der Waals surface area contributed by atoms with Crippen LogP contribution < -0.4 is 5.32 Å². The summed E-state index contributed by atoms with van der Waals surface area (Å²) in [5, 5.41) is 3.08. The Bertz CT molecular complexity index is 1040. The predicted molar refractivity (Wildman–Crippen MR) is 130 cm³/mol. The van der Waals surface area contributed by atoms with E-state index in [1.54, 1.807) is 18.3 Å². The molecule has 4 rings (SSSR count). The Morgan fingerprint density at radius 3 is 2.37 bits per heavy atom. The maximum atomic E-state index is 12.9. The third-order valence-electron chi connectivity index (χ3n) is 7.14. The lowest BCUT2D eigenvalue weighted by Crippen LogP contribution is -2.36. The summed E-state index contributed by atoms with van der Waals surface area (Å²) in [4.78, 5) is 22.1. The quantitative estimate of drug-likeness (QED) is 0.623. The lowest BCUT2D eigenvalue weighted by Gasteiger charge is -2.35. The second-order valence-electron chi connectivity index (χ2n) is 11.1. The van der Waals surface area contributed by atoms with Crippen molar-refractivity contribution < 1.29 is 18.0 Å². The summed E-state index contributed by atoms with van der Waals surface area (Å²) in [5.74, 6) is 0.398. The van der Waals surface area contributed by atoms with Crippen molar-refractivity contribution in [2.45, 2.75) is 58.9 Å². The van der Waals surface area contributed by atoms with Crippen LogP contribution in [-0.4, -0.2) is 47.4 Å². The molecule has 0 bridgehead atoms. The van der Waals surface area contributed by atoms with Crippen LogP contribution in [-0.2, 0) is 19.3 Å². The first kappa shape index (κ1) is 25.6. The first-order valence-corrected chi connectivity index (χ1v) is 12.3. The number of carbonyl (C=O) groups excluding carboxylic acids is 1. The first-order valence-electron chi connectivity index (χ1n) is 12.3. The average molecular weight is 489 g/mol. The number of halogens is 3. The number of aromatic nitrogens is 1. The van der Waals surface area contributed by atoms with Crippen molar-refractivity contribution in [1.82, 2.24) is 20.1 Å². The summed E-state index contributed by atoms with van der Waals surface area (Å²) >= 11 is 0. The van der Waals surface area contributed by atoms with E-state index in [2.05, 4.69) is 42.9 Å². The summed E-state index contributed by atoms with van der Waals surface area (Å²) < 4.78 is 38.8. The second kappa shape index (κ2) is 9.90. The van der Waals surface area contributed by atoms with Crippen molar-refractivity contribution in [1.29, 1.82) is 0 Å². The zero-order chi connectivity index (χ0) is 25.4. The molecule has 1 amide bonds. The van der Waals surface area contributed by atoms with Gasteiger partial charge in [0.15, 0.2) is 0 Å². The molecule has 1 aromatic carbocycles. The van der Waals surface area contributed by atoms with Crippen LogP contribution >= 0.6 is 0 Å². The Morgan fingerprint density at radius 2 is 1.77 bits per heavy atom. The van der Waals surface area contributed by atoms with Crippen molar-refractivity contribution in [3.8, 4) is 0 Å². The SMILES string of the molecule is CN1CCC(CNC(=O)c2cnc3c(c2)CN(Cc2ccc(C(F)(F)F)cc2)C3C(C)(C)C)CC1. The zero-order valence-electron chi connectivity index (χ0n) is 21.0. The molecule has 190 valence electrons. The molecule has 2 aliphatic heterocycles. The standard InChI is InChI=1S/C27H35F3N4O/c1-26(2,3)24-23-21(17-34(24)16-19-5-7-22(8-6-19)27(28,29)30)13-20(15-31-23)25(35)32-14-18-9-11-33(4)12-10-18/h5-8,13,15,18,24H,9-12,14,16-17H2,1-4H3,(H,32,35).